The summed E-state index contributed by atoms with van der Waals surface area (Å²) in [5, 5.41) is 3.92. The molecule has 1 unspecified atom stereocenters. The molecule has 0 radical (unpaired) electrons. The lowest BCUT2D eigenvalue weighted by Gasteiger charge is -2.26. The number of benzene rings is 1. The summed E-state index contributed by atoms with van der Waals surface area (Å²) in [6.07, 6.45) is 5.44. The van der Waals surface area contributed by atoms with E-state index in [1.807, 2.05) is 62.0 Å². The van der Waals surface area contributed by atoms with Gasteiger partial charge >= 0.3 is 0 Å². The number of nitrogens with one attached hydrogen (secondary N) is 1. The van der Waals surface area contributed by atoms with Gasteiger partial charge in [-0.05, 0) is 63.0 Å². The molecule has 1 saturated heterocycles. The number of thioether (sulfide) groups is 1. The standard InChI is InChI=1S/C28H33N7O2S/c1-18-12-20(7-9-24(18)37-21-8-6-19(2)29-14-21)32-27-26-23(30-17-31-27)13-25(36-4)28(33-26)35-11-10-34(3)15-22(16-35)38-5/h6-9,12-14,17,22H,10-11,15-16H2,1-5H3,(H,30,31,32). The number of rotatable bonds is 7. The van der Waals surface area contributed by atoms with Crippen LogP contribution in [-0.4, -0.2) is 76.7 Å². The molecule has 1 N–H and O–H groups in total. The first-order chi connectivity index (χ1) is 18.4. The molecule has 198 valence electrons. The average Bonchev–Trinajstić information content (AvgIpc) is 3.12. The van der Waals surface area contributed by atoms with E-state index in [1.54, 1.807) is 19.6 Å². The Labute approximate surface area is 227 Å². The molecule has 0 saturated carbocycles. The summed E-state index contributed by atoms with van der Waals surface area (Å²) in [4.78, 5) is 23.1. The van der Waals surface area contributed by atoms with Gasteiger partial charge in [0.05, 0.1) is 18.8 Å². The maximum absolute atomic E-state index is 6.03. The van der Waals surface area contributed by atoms with Gasteiger partial charge in [-0.15, -0.1) is 0 Å². The van der Waals surface area contributed by atoms with Crippen LogP contribution < -0.4 is 19.7 Å². The minimum Gasteiger partial charge on any atom is -0.493 e. The van der Waals surface area contributed by atoms with E-state index in [-0.39, 0.29) is 0 Å². The van der Waals surface area contributed by atoms with Gasteiger partial charge in [-0.2, -0.15) is 11.8 Å². The number of hydrogen-bond acceptors (Lipinski definition) is 10. The van der Waals surface area contributed by atoms with Gasteiger partial charge in [0.15, 0.2) is 17.4 Å². The van der Waals surface area contributed by atoms with Gasteiger partial charge < -0.3 is 24.6 Å². The molecule has 3 aromatic heterocycles. The van der Waals surface area contributed by atoms with Crippen LogP contribution in [0.5, 0.6) is 17.2 Å². The van der Waals surface area contributed by atoms with Crippen LogP contribution in [0.1, 0.15) is 11.3 Å². The van der Waals surface area contributed by atoms with Gasteiger partial charge in [-0.25, -0.2) is 15.0 Å². The number of pyridine rings is 2. The minimum atomic E-state index is 0.480. The van der Waals surface area contributed by atoms with Crippen LogP contribution >= 0.6 is 11.8 Å². The van der Waals surface area contributed by atoms with E-state index in [0.717, 1.165) is 66.0 Å². The number of fused-ring (bicyclic) bond motifs is 1. The fourth-order valence-corrected chi connectivity index (χ4v) is 5.25. The Morgan fingerprint density at radius 1 is 1.00 bits per heavy atom. The number of methoxy groups -OCH3 is 1. The topological polar surface area (TPSA) is 88.5 Å². The largest absolute Gasteiger partial charge is 0.493 e. The van der Waals surface area contributed by atoms with E-state index >= 15 is 0 Å². The smallest absolute Gasteiger partial charge is 0.172 e. The number of likely N-dealkylation sites (N-methyl/N-ethyl adjacent to an activating group) is 1. The van der Waals surface area contributed by atoms with Gasteiger partial charge in [0.25, 0.3) is 0 Å². The monoisotopic (exact) mass is 531 g/mol. The quantitative estimate of drug-likeness (QED) is 0.349. The van der Waals surface area contributed by atoms with Gasteiger partial charge in [0, 0.05) is 48.9 Å². The first-order valence-electron chi connectivity index (χ1n) is 12.6. The summed E-state index contributed by atoms with van der Waals surface area (Å²) in [6, 6.07) is 11.7. The molecule has 1 aromatic carbocycles. The van der Waals surface area contributed by atoms with Crippen molar-refractivity contribution in [2.45, 2.75) is 19.1 Å². The van der Waals surface area contributed by atoms with E-state index in [1.165, 1.54) is 0 Å². The Balaban J connectivity index is 1.44. The first-order valence-corrected chi connectivity index (χ1v) is 13.9. The molecule has 1 fully saturated rings. The van der Waals surface area contributed by atoms with Crippen LogP contribution in [0.15, 0.2) is 48.9 Å². The van der Waals surface area contributed by atoms with Crippen molar-refractivity contribution in [3.8, 4) is 17.2 Å². The molecule has 4 heterocycles. The lowest BCUT2D eigenvalue weighted by Crippen LogP contribution is -2.32. The molecule has 0 aliphatic carbocycles. The molecule has 38 heavy (non-hydrogen) atoms. The molecule has 0 spiro atoms. The van der Waals surface area contributed by atoms with E-state index in [9.17, 15) is 0 Å². The zero-order valence-corrected chi connectivity index (χ0v) is 23.2. The minimum absolute atomic E-state index is 0.480. The van der Waals surface area contributed by atoms with Gasteiger partial charge in [-0.3, -0.25) is 4.98 Å². The van der Waals surface area contributed by atoms with Crippen molar-refractivity contribution >= 4 is 40.1 Å². The summed E-state index contributed by atoms with van der Waals surface area (Å²) in [5.74, 6) is 3.65. The van der Waals surface area contributed by atoms with E-state index in [4.69, 9.17) is 14.5 Å². The molecule has 4 aromatic rings. The van der Waals surface area contributed by atoms with Crippen molar-refractivity contribution in [1.82, 2.24) is 24.8 Å². The maximum Gasteiger partial charge on any atom is 0.172 e. The van der Waals surface area contributed by atoms with Crippen LogP contribution in [-0.2, 0) is 0 Å². The Morgan fingerprint density at radius 3 is 2.61 bits per heavy atom. The molecule has 1 aliphatic heterocycles. The zero-order valence-electron chi connectivity index (χ0n) is 22.4. The van der Waals surface area contributed by atoms with E-state index in [0.29, 0.717) is 22.3 Å². The Morgan fingerprint density at radius 2 is 1.87 bits per heavy atom. The molecule has 1 aliphatic rings. The molecule has 0 amide bonds. The highest BCUT2D eigenvalue weighted by Crippen LogP contribution is 2.34. The highest BCUT2D eigenvalue weighted by Gasteiger charge is 2.25. The average molecular weight is 532 g/mol. The highest BCUT2D eigenvalue weighted by atomic mass is 32.2. The van der Waals surface area contributed by atoms with Crippen LogP contribution in [0.4, 0.5) is 17.3 Å². The fourth-order valence-electron chi connectivity index (χ4n) is 4.51. The summed E-state index contributed by atoms with van der Waals surface area (Å²) in [7, 11) is 3.85. The summed E-state index contributed by atoms with van der Waals surface area (Å²) < 4.78 is 11.8. The van der Waals surface area contributed by atoms with Crippen LogP contribution in [0.2, 0.25) is 0 Å². The number of nitrogens with zero attached hydrogens (tertiary/aromatic N) is 6. The number of aryl methyl sites for hydroxylation is 2. The lowest BCUT2D eigenvalue weighted by atomic mass is 10.2. The molecular formula is C28H33N7O2S. The first kappa shape index (κ1) is 26.0. The van der Waals surface area contributed by atoms with Crippen LogP contribution in [0.25, 0.3) is 11.0 Å². The Bertz CT molecular complexity index is 1420. The molecule has 5 rings (SSSR count). The second kappa shape index (κ2) is 11.4. The number of aromatic nitrogens is 4. The molecule has 9 nitrogen and oxygen atoms in total. The third kappa shape index (κ3) is 5.76. The second-order valence-electron chi connectivity index (χ2n) is 9.51. The Kier molecular flexibility index (Phi) is 7.80. The zero-order chi connectivity index (χ0) is 26.6. The van der Waals surface area contributed by atoms with Crippen LogP contribution in [0, 0.1) is 13.8 Å². The third-order valence-electron chi connectivity index (χ3n) is 6.65. The van der Waals surface area contributed by atoms with Crippen molar-refractivity contribution in [3.05, 3.63) is 60.2 Å². The SMILES string of the molecule is COc1cc2ncnc(Nc3ccc(Oc4ccc(C)nc4)c(C)c3)c2nc1N1CCN(C)CC(SC)C1. The number of hydrogen-bond donors (Lipinski definition) is 1. The van der Waals surface area contributed by atoms with Crippen molar-refractivity contribution in [2.75, 3.05) is 56.8 Å². The van der Waals surface area contributed by atoms with Gasteiger partial charge in [0.2, 0.25) is 0 Å². The molecule has 0 bridgehead atoms. The Hall–Kier alpha value is -3.63. The van der Waals surface area contributed by atoms with Gasteiger partial charge in [0.1, 0.15) is 23.3 Å². The molecule has 1 atom stereocenters. The summed E-state index contributed by atoms with van der Waals surface area (Å²) >= 11 is 1.88. The fraction of sp³-hybridized carbons (Fsp3) is 0.357. The third-order valence-corrected chi connectivity index (χ3v) is 7.61. The second-order valence-corrected chi connectivity index (χ2v) is 10.7. The summed E-state index contributed by atoms with van der Waals surface area (Å²) in [5.41, 5.74) is 4.24. The van der Waals surface area contributed by atoms with Crippen molar-refractivity contribution in [3.63, 3.8) is 0 Å². The molecular weight excluding hydrogens is 498 g/mol. The number of anilines is 3. The van der Waals surface area contributed by atoms with Crippen molar-refractivity contribution in [1.29, 1.82) is 0 Å². The molecule has 10 heteroatoms. The van der Waals surface area contributed by atoms with Crippen molar-refractivity contribution in [2.24, 2.45) is 0 Å². The van der Waals surface area contributed by atoms with E-state index in [2.05, 4.69) is 43.4 Å². The van der Waals surface area contributed by atoms with E-state index < -0.39 is 0 Å². The van der Waals surface area contributed by atoms with Crippen molar-refractivity contribution < 1.29 is 9.47 Å². The normalized spacial score (nSPS) is 16.3. The summed E-state index contributed by atoms with van der Waals surface area (Å²) in [6.45, 7) is 7.74. The predicted octanol–water partition coefficient (Wildman–Crippen LogP) is 5.06. The predicted molar refractivity (Wildman–Crippen MR) is 154 cm³/mol. The van der Waals surface area contributed by atoms with Gasteiger partial charge in [-0.1, -0.05) is 0 Å². The lowest BCUT2D eigenvalue weighted by molar-refractivity contribution is 0.363. The maximum atomic E-state index is 6.03. The number of ether oxygens (including phenoxy) is 2. The highest BCUT2D eigenvalue weighted by molar-refractivity contribution is 7.99. The van der Waals surface area contributed by atoms with Crippen LogP contribution in [0.3, 0.4) is 0 Å².